The molecule has 5 heteroatoms. The number of nitrogens with zero attached hydrogens (tertiary/aromatic N) is 3. The van der Waals surface area contributed by atoms with Gasteiger partial charge in [-0.15, -0.1) is 0 Å². The largest absolute Gasteiger partial charge is 0.337 e. The standard InChI is InChI=1S/C14H20N4O/c1-4-7-16-10(3)14-17-13(18-19-14)12-6-8-15-9-11(12)5-2/h6,8-10,16H,4-5,7H2,1-3H3. The van der Waals surface area contributed by atoms with E-state index in [0.29, 0.717) is 11.7 Å². The zero-order valence-corrected chi connectivity index (χ0v) is 11.7. The van der Waals surface area contributed by atoms with E-state index in [9.17, 15) is 0 Å². The molecule has 1 N–H and O–H groups in total. The first kappa shape index (κ1) is 13.7. The maximum Gasteiger partial charge on any atom is 0.243 e. The van der Waals surface area contributed by atoms with Gasteiger partial charge in [0.2, 0.25) is 11.7 Å². The summed E-state index contributed by atoms with van der Waals surface area (Å²) < 4.78 is 5.33. The van der Waals surface area contributed by atoms with Crippen LogP contribution in [-0.4, -0.2) is 21.7 Å². The van der Waals surface area contributed by atoms with Crippen molar-refractivity contribution in [3.63, 3.8) is 0 Å². The third-order valence-corrected chi connectivity index (χ3v) is 3.04. The predicted molar refractivity (Wildman–Crippen MR) is 73.6 cm³/mol. The van der Waals surface area contributed by atoms with Gasteiger partial charge in [-0.05, 0) is 37.9 Å². The van der Waals surface area contributed by atoms with Gasteiger partial charge in [-0.1, -0.05) is 19.0 Å². The Bertz CT molecular complexity index is 524. The maximum absolute atomic E-state index is 5.33. The van der Waals surface area contributed by atoms with Gasteiger partial charge in [0.1, 0.15) is 0 Å². The second-order valence-electron chi connectivity index (χ2n) is 4.52. The van der Waals surface area contributed by atoms with Crippen molar-refractivity contribution in [2.75, 3.05) is 6.54 Å². The number of pyridine rings is 1. The van der Waals surface area contributed by atoms with Gasteiger partial charge in [-0.2, -0.15) is 4.98 Å². The summed E-state index contributed by atoms with van der Waals surface area (Å²) in [6, 6.07) is 2.01. The zero-order valence-electron chi connectivity index (χ0n) is 11.7. The average Bonchev–Trinajstić information content (AvgIpc) is 2.94. The van der Waals surface area contributed by atoms with Crippen LogP contribution in [0.4, 0.5) is 0 Å². The van der Waals surface area contributed by atoms with E-state index < -0.39 is 0 Å². The van der Waals surface area contributed by atoms with E-state index in [1.807, 2.05) is 19.2 Å². The first-order valence-corrected chi connectivity index (χ1v) is 6.76. The summed E-state index contributed by atoms with van der Waals surface area (Å²) in [5.41, 5.74) is 2.12. The van der Waals surface area contributed by atoms with Crippen LogP contribution in [0.2, 0.25) is 0 Å². The number of aryl methyl sites for hydroxylation is 1. The molecule has 102 valence electrons. The lowest BCUT2D eigenvalue weighted by molar-refractivity contribution is 0.340. The summed E-state index contributed by atoms with van der Waals surface area (Å²) >= 11 is 0. The van der Waals surface area contributed by atoms with Gasteiger partial charge in [-0.3, -0.25) is 4.98 Å². The first-order chi connectivity index (χ1) is 9.26. The van der Waals surface area contributed by atoms with Crippen LogP contribution in [0.1, 0.15) is 44.7 Å². The molecule has 0 saturated carbocycles. The summed E-state index contributed by atoms with van der Waals surface area (Å²) in [6.07, 6.45) is 5.58. The van der Waals surface area contributed by atoms with Crippen LogP contribution in [0.15, 0.2) is 23.0 Å². The van der Waals surface area contributed by atoms with Crippen LogP contribution in [0.25, 0.3) is 11.4 Å². The summed E-state index contributed by atoms with van der Waals surface area (Å²) in [6.45, 7) is 7.19. The minimum Gasteiger partial charge on any atom is -0.337 e. The van der Waals surface area contributed by atoms with Crippen molar-refractivity contribution in [2.24, 2.45) is 0 Å². The normalized spacial score (nSPS) is 12.6. The quantitative estimate of drug-likeness (QED) is 0.865. The Labute approximate surface area is 113 Å². The molecule has 0 aromatic carbocycles. The Balaban J connectivity index is 2.20. The molecule has 19 heavy (non-hydrogen) atoms. The summed E-state index contributed by atoms with van der Waals surface area (Å²) in [5.74, 6) is 1.27. The molecule has 1 atom stereocenters. The molecule has 0 aliphatic carbocycles. The molecule has 0 aliphatic rings. The fourth-order valence-electron chi connectivity index (χ4n) is 1.90. The molecule has 0 radical (unpaired) electrons. The van der Waals surface area contributed by atoms with Gasteiger partial charge in [0.05, 0.1) is 6.04 Å². The predicted octanol–water partition coefficient (Wildman–Crippen LogP) is 2.75. The SMILES string of the molecule is CCCNC(C)c1nc(-c2ccncc2CC)no1. The van der Waals surface area contributed by atoms with Gasteiger partial charge >= 0.3 is 0 Å². The van der Waals surface area contributed by atoms with E-state index in [1.54, 1.807) is 6.20 Å². The highest BCUT2D eigenvalue weighted by molar-refractivity contribution is 5.58. The van der Waals surface area contributed by atoms with E-state index in [2.05, 4.69) is 34.3 Å². The molecule has 0 bridgehead atoms. The Kier molecular flexibility index (Phi) is 4.63. The monoisotopic (exact) mass is 260 g/mol. The van der Waals surface area contributed by atoms with E-state index in [4.69, 9.17) is 4.52 Å². The summed E-state index contributed by atoms with van der Waals surface area (Å²) in [4.78, 5) is 8.60. The lowest BCUT2D eigenvalue weighted by atomic mass is 10.1. The Hall–Kier alpha value is -1.75. The number of rotatable bonds is 6. The highest BCUT2D eigenvalue weighted by Gasteiger charge is 2.15. The molecule has 0 aliphatic heterocycles. The van der Waals surface area contributed by atoms with Gasteiger partial charge in [-0.25, -0.2) is 0 Å². The van der Waals surface area contributed by atoms with Crippen LogP contribution in [-0.2, 0) is 6.42 Å². The van der Waals surface area contributed by atoms with Crippen molar-refractivity contribution >= 4 is 0 Å². The molecule has 2 aromatic rings. The molecule has 0 fully saturated rings. The molecule has 0 saturated heterocycles. The molecule has 2 rings (SSSR count). The first-order valence-electron chi connectivity index (χ1n) is 6.76. The third-order valence-electron chi connectivity index (χ3n) is 3.04. The van der Waals surface area contributed by atoms with Gasteiger partial charge in [0, 0.05) is 18.0 Å². The highest BCUT2D eigenvalue weighted by atomic mass is 16.5. The van der Waals surface area contributed by atoms with Crippen LogP contribution < -0.4 is 5.32 Å². The molecule has 1 unspecified atom stereocenters. The van der Waals surface area contributed by atoms with E-state index in [0.717, 1.165) is 30.5 Å². The Morgan fingerprint density at radius 3 is 2.95 bits per heavy atom. The van der Waals surface area contributed by atoms with Crippen molar-refractivity contribution < 1.29 is 4.52 Å². The maximum atomic E-state index is 5.33. The average molecular weight is 260 g/mol. The van der Waals surface area contributed by atoms with Crippen molar-refractivity contribution in [3.05, 3.63) is 29.9 Å². The van der Waals surface area contributed by atoms with Crippen molar-refractivity contribution in [1.82, 2.24) is 20.4 Å². The number of aromatic nitrogens is 3. The minimum atomic E-state index is 0.0770. The van der Waals surface area contributed by atoms with Crippen LogP contribution in [0.5, 0.6) is 0 Å². The smallest absolute Gasteiger partial charge is 0.243 e. The zero-order chi connectivity index (χ0) is 13.7. The molecule has 2 aromatic heterocycles. The topological polar surface area (TPSA) is 63.8 Å². The lowest BCUT2D eigenvalue weighted by Crippen LogP contribution is -2.19. The highest BCUT2D eigenvalue weighted by Crippen LogP contribution is 2.22. The summed E-state index contributed by atoms with van der Waals surface area (Å²) in [5, 5.41) is 7.40. The Morgan fingerprint density at radius 2 is 2.21 bits per heavy atom. The second kappa shape index (κ2) is 6.43. The van der Waals surface area contributed by atoms with E-state index >= 15 is 0 Å². The number of hydrogen-bond donors (Lipinski definition) is 1. The minimum absolute atomic E-state index is 0.0770. The van der Waals surface area contributed by atoms with Crippen molar-refractivity contribution in [2.45, 2.75) is 39.7 Å². The number of hydrogen-bond acceptors (Lipinski definition) is 5. The Morgan fingerprint density at radius 1 is 1.37 bits per heavy atom. The molecule has 0 amide bonds. The van der Waals surface area contributed by atoms with Crippen molar-refractivity contribution in [3.8, 4) is 11.4 Å². The van der Waals surface area contributed by atoms with Gasteiger partial charge < -0.3 is 9.84 Å². The molecule has 0 spiro atoms. The van der Waals surface area contributed by atoms with Crippen LogP contribution in [0, 0.1) is 0 Å². The van der Waals surface area contributed by atoms with E-state index in [1.165, 1.54) is 0 Å². The lowest BCUT2D eigenvalue weighted by Gasteiger charge is -2.07. The van der Waals surface area contributed by atoms with Crippen molar-refractivity contribution in [1.29, 1.82) is 0 Å². The van der Waals surface area contributed by atoms with Gasteiger partial charge in [0.15, 0.2) is 0 Å². The van der Waals surface area contributed by atoms with Gasteiger partial charge in [0.25, 0.3) is 0 Å². The number of nitrogens with one attached hydrogen (secondary N) is 1. The molecule has 5 nitrogen and oxygen atoms in total. The molecule has 2 heterocycles. The molecular formula is C14H20N4O. The third kappa shape index (κ3) is 3.17. The fraction of sp³-hybridized carbons (Fsp3) is 0.500. The summed E-state index contributed by atoms with van der Waals surface area (Å²) in [7, 11) is 0. The molecular weight excluding hydrogens is 240 g/mol. The van der Waals surface area contributed by atoms with Crippen LogP contribution in [0.3, 0.4) is 0 Å². The van der Waals surface area contributed by atoms with Crippen LogP contribution >= 0.6 is 0 Å². The van der Waals surface area contributed by atoms with E-state index in [-0.39, 0.29) is 6.04 Å². The fourth-order valence-corrected chi connectivity index (χ4v) is 1.90. The second-order valence-corrected chi connectivity index (χ2v) is 4.52.